The smallest absolute Gasteiger partial charge is 0.379 e. The summed E-state index contributed by atoms with van der Waals surface area (Å²) >= 11 is 0. The first-order valence-corrected chi connectivity index (χ1v) is 26.2. The van der Waals surface area contributed by atoms with E-state index in [0.29, 0.717) is 45.8 Å². The molecule has 0 saturated carbocycles. The van der Waals surface area contributed by atoms with Crippen LogP contribution in [0, 0.1) is 0 Å². The maximum absolute atomic E-state index is 13.1. The van der Waals surface area contributed by atoms with Gasteiger partial charge in [-0.15, -0.1) is 0 Å². The number of imide groups is 2. The van der Waals surface area contributed by atoms with Gasteiger partial charge in [0.15, 0.2) is 0 Å². The van der Waals surface area contributed by atoms with Crippen molar-refractivity contribution in [3.8, 4) is 0 Å². The lowest BCUT2D eigenvalue weighted by molar-refractivity contribution is -0.135. The lowest BCUT2D eigenvalue weighted by atomic mass is 9.97. The van der Waals surface area contributed by atoms with Gasteiger partial charge in [-0.2, -0.15) is 10.2 Å². The molecule has 5 aromatic carbocycles. The summed E-state index contributed by atoms with van der Waals surface area (Å²) in [5, 5.41) is 19.0. The van der Waals surface area contributed by atoms with Gasteiger partial charge in [-0.3, -0.25) is 44.0 Å². The van der Waals surface area contributed by atoms with E-state index in [1.807, 2.05) is 206 Å². The van der Waals surface area contributed by atoms with Gasteiger partial charge in [-0.05, 0) is 84.5 Å². The molecule has 81 heavy (non-hydrogen) atoms. The van der Waals surface area contributed by atoms with Crippen LogP contribution in [0.1, 0.15) is 53.1 Å². The minimum absolute atomic E-state index is 0. The van der Waals surface area contributed by atoms with Gasteiger partial charge >= 0.3 is 5.97 Å². The van der Waals surface area contributed by atoms with Crippen molar-refractivity contribution >= 4 is 112 Å². The van der Waals surface area contributed by atoms with Crippen molar-refractivity contribution in [1.29, 1.82) is 0 Å². The molecule has 0 saturated heterocycles. The van der Waals surface area contributed by atoms with Crippen LogP contribution in [0.15, 0.2) is 140 Å². The van der Waals surface area contributed by atoms with E-state index in [0.717, 1.165) is 98.1 Å². The number of nitrogens with zero attached hydrogens (tertiary/aromatic N) is 9. The van der Waals surface area contributed by atoms with Gasteiger partial charge in [-0.1, -0.05) is 98.4 Å². The lowest BCUT2D eigenvalue weighted by Gasteiger charge is -2.12. The molecule has 7 heterocycles. The molecular weight excluding hydrogens is 1020 g/mol. The number of amides is 4. The summed E-state index contributed by atoms with van der Waals surface area (Å²) in [6, 6.07) is 38.8. The highest BCUT2D eigenvalue weighted by atomic mass is 16.5. The highest BCUT2D eigenvalue weighted by Gasteiger charge is 2.38. The SMILES string of the molecule is C.CN(C)CCCn1nc(C2=C(c3cn(C)c4ccccc34)C(=O)NC2=O)c2ccccc21.CN(C)CCCn1nc2ccccc2c1C1=C(c2cn(C)c3ccccc23)C(=O)NC1=O.COC(=O)C(=O)c1cn(C)c2ccccc12. The Morgan fingerprint density at radius 3 is 1.46 bits per heavy atom. The summed E-state index contributed by atoms with van der Waals surface area (Å²) in [6.07, 6.45) is 7.28. The average molecular weight is 1090 g/mol. The number of para-hydroxylation sites is 4. The first-order chi connectivity index (χ1) is 38.6. The number of nitrogens with one attached hydrogen (secondary N) is 2. The van der Waals surface area contributed by atoms with Crippen LogP contribution in [0.5, 0.6) is 0 Å². The van der Waals surface area contributed by atoms with E-state index in [4.69, 9.17) is 10.2 Å². The van der Waals surface area contributed by atoms with Gasteiger partial charge in [0.2, 0.25) is 0 Å². The molecule has 414 valence electrons. The number of benzene rings is 5. The van der Waals surface area contributed by atoms with E-state index < -0.39 is 17.7 Å². The Bertz CT molecular complexity index is 4190. The molecule has 0 atom stereocenters. The summed E-state index contributed by atoms with van der Waals surface area (Å²) in [5.74, 6) is -2.98. The van der Waals surface area contributed by atoms with Crippen LogP contribution in [0.3, 0.4) is 0 Å². The molecule has 5 aromatic heterocycles. The quantitative estimate of drug-likeness (QED) is 0.0461. The highest BCUT2D eigenvalue weighted by Crippen LogP contribution is 2.40. The van der Waals surface area contributed by atoms with Crippen molar-refractivity contribution in [3.05, 3.63) is 168 Å². The Balaban J connectivity index is 0.000000154. The predicted molar refractivity (Wildman–Crippen MR) is 318 cm³/mol. The summed E-state index contributed by atoms with van der Waals surface area (Å²) in [4.78, 5) is 79.3. The summed E-state index contributed by atoms with van der Waals surface area (Å²) in [5.41, 5.74) is 9.34. The molecule has 0 fully saturated rings. The van der Waals surface area contributed by atoms with E-state index in [2.05, 4.69) is 25.2 Å². The number of methoxy groups -OCH3 is 1. The van der Waals surface area contributed by atoms with Crippen molar-refractivity contribution in [2.45, 2.75) is 33.4 Å². The summed E-state index contributed by atoms with van der Waals surface area (Å²) in [7, 11) is 15.1. The topological polar surface area (TPSA) is 193 Å². The largest absolute Gasteiger partial charge is 0.463 e. The van der Waals surface area contributed by atoms with Crippen LogP contribution in [-0.2, 0) is 62.9 Å². The number of hydrogen-bond acceptors (Lipinski definition) is 11. The van der Waals surface area contributed by atoms with E-state index in [1.165, 1.54) is 7.11 Å². The first kappa shape index (κ1) is 56.2. The predicted octanol–water partition coefficient (Wildman–Crippen LogP) is 8.26. The molecule has 4 amide bonds. The van der Waals surface area contributed by atoms with Crippen molar-refractivity contribution in [2.24, 2.45) is 21.1 Å². The molecule has 18 nitrogen and oxygen atoms in total. The number of aromatic nitrogens is 7. The summed E-state index contributed by atoms with van der Waals surface area (Å²) in [6.45, 7) is 3.21. The zero-order valence-corrected chi connectivity index (χ0v) is 45.9. The third-order valence-corrected chi connectivity index (χ3v) is 14.4. The molecule has 12 rings (SSSR count). The van der Waals surface area contributed by atoms with E-state index in [1.54, 1.807) is 6.20 Å². The standard InChI is InChI=1S/2C25H25N5O2.C12H11NO3.CH4/c1-28(2)13-8-14-30-23(17-10-4-6-11-19(17)27-30)22-21(24(31)26-25(22)32)18-15-29(3)20-12-7-5-9-16(18)20;1-28(2)13-8-14-30-20-12-7-5-10-17(20)23(27-30)22-21(24(31)26-25(22)32)18-15-29(3)19-11-6-4-9-16(18)19;1-13-7-9(11(14)12(15)16-2)8-5-3-4-6-10(8)13;/h2*4-7,9-12,15H,8,13-14H2,1-3H3,(H,26,31,32);3-7H,1-2H3;1H4. The Labute approximate surface area is 468 Å². The van der Waals surface area contributed by atoms with Gasteiger partial charge < -0.3 is 28.2 Å². The fourth-order valence-electron chi connectivity index (χ4n) is 10.7. The lowest BCUT2D eigenvalue weighted by Crippen LogP contribution is -2.23. The van der Waals surface area contributed by atoms with Crippen molar-refractivity contribution in [2.75, 3.05) is 48.4 Å². The zero-order valence-electron chi connectivity index (χ0n) is 45.9. The van der Waals surface area contributed by atoms with Crippen LogP contribution in [0.4, 0.5) is 0 Å². The van der Waals surface area contributed by atoms with Gasteiger partial charge in [0.05, 0.1) is 51.7 Å². The number of rotatable bonds is 14. The number of carbonyl (C=O) groups is 6. The molecule has 0 bridgehead atoms. The Hall–Kier alpha value is -9.52. The molecule has 2 aliphatic heterocycles. The molecule has 2 N–H and O–H groups in total. The van der Waals surface area contributed by atoms with Crippen LogP contribution in [-0.4, -0.2) is 127 Å². The number of carbonyl (C=O) groups excluding carboxylic acids is 6. The minimum Gasteiger partial charge on any atom is -0.463 e. The van der Waals surface area contributed by atoms with E-state index in [-0.39, 0.29) is 25.1 Å². The molecule has 0 radical (unpaired) electrons. The number of ketones is 1. The fourth-order valence-corrected chi connectivity index (χ4v) is 10.7. The summed E-state index contributed by atoms with van der Waals surface area (Å²) < 4.78 is 14.0. The maximum atomic E-state index is 13.1. The van der Waals surface area contributed by atoms with Gasteiger partial charge in [0, 0.05) is 107 Å². The van der Waals surface area contributed by atoms with E-state index in [9.17, 15) is 28.8 Å². The molecule has 0 spiro atoms. The number of aryl methyl sites for hydroxylation is 5. The second kappa shape index (κ2) is 23.4. The Morgan fingerprint density at radius 1 is 0.494 bits per heavy atom. The molecule has 0 unspecified atom stereocenters. The molecule has 10 aromatic rings. The third-order valence-electron chi connectivity index (χ3n) is 14.4. The Morgan fingerprint density at radius 2 is 0.914 bits per heavy atom. The number of esters is 1. The third kappa shape index (κ3) is 10.7. The van der Waals surface area contributed by atoms with Crippen LogP contribution < -0.4 is 10.6 Å². The molecular formula is C63H65N11O7. The van der Waals surface area contributed by atoms with Gasteiger partial charge in [-0.25, -0.2) is 4.79 Å². The molecule has 0 aliphatic carbocycles. The van der Waals surface area contributed by atoms with Crippen LogP contribution in [0.2, 0.25) is 0 Å². The first-order valence-electron chi connectivity index (χ1n) is 26.2. The van der Waals surface area contributed by atoms with Crippen molar-refractivity contribution < 1.29 is 33.5 Å². The number of ether oxygens (including phenoxy) is 1. The van der Waals surface area contributed by atoms with Crippen molar-refractivity contribution in [3.63, 3.8) is 0 Å². The molecule has 2 aliphatic rings. The Kier molecular flexibility index (Phi) is 16.3. The van der Waals surface area contributed by atoms with Crippen molar-refractivity contribution in [1.82, 2.24) is 53.7 Å². The molecule has 18 heteroatoms. The number of fused-ring (bicyclic) bond motifs is 5. The normalized spacial score (nSPS) is 13.4. The van der Waals surface area contributed by atoms with E-state index >= 15 is 0 Å². The monoisotopic (exact) mass is 1090 g/mol. The van der Waals surface area contributed by atoms with Gasteiger partial charge in [0.25, 0.3) is 29.4 Å². The fraction of sp³-hybridized carbons (Fsp3) is 0.238. The zero-order chi connectivity index (χ0) is 56.5. The average Bonchev–Trinajstić information content (AvgIpc) is 4.52. The number of Topliss-reactive ketones (excluding diaryl/α,β-unsaturated/α-hetero) is 1. The second-order valence-corrected chi connectivity index (χ2v) is 20.4. The second-order valence-electron chi connectivity index (χ2n) is 20.4. The minimum atomic E-state index is -0.837. The highest BCUT2D eigenvalue weighted by molar-refractivity contribution is 6.51. The van der Waals surface area contributed by atoms with Crippen LogP contribution >= 0.6 is 0 Å². The maximum Gasteiger partial charge on any atom is 0.379 e. The van der Waals surface area contributed by atoms with Gasteiger partial charge in [0.1, 0.15) is 5.69 Å². The number of hydrogen-bond donors (Lipinski definition) is 2. The van der Waals surface area contributed by atoms with Crippen LogP contribution in [0.25, 0.3) is 76.8 Å².